The molecular formula is C18H15Cl2N. The van der Waals surface area contributed by atoms with E-state index in [0.717, 1.165) is 22.2 Å². The summed E-state index contributed by atoms with van der Waals surface area (Å²) in [7, 11) is 0. The third kappa shape index (κ3) is 2.16. The minimum absolute atomic E-state index is 0.243. The van der Waals surface area contributed by atoms with E-state index in [1.807, 2.05) is 18.2 Å². The minimum atomic E-state index is 0.243. The summed E-state index contributed by atoms with van der Waals surface area (Å²) in [5, 5.41) is 5.30. The van der Waals surface area contributed by atoms with Crippen LogP contribution in [0.2, 0.25) is 10.0 Å². The van der Waals surface area contributed by atoms with Crippen molar-refractivity contribution in [2.45, 2.75) is 18.4 Å². The second-order valence-electron chi connectivity index (χ2n) is 5.73. The lowest BCUT2D eigenvalue weighted by atomic mass is 9.77. The molecule has 3 atom stereocenters. The third-order valence-electron chi connectivity index (χ3n) is 4.57. The molecule has 2 aromatic carbocycles. The zero-order valence-corrected chi connectivity index (χ0v) is 12.9. The summed E-state index contributed by atoms with van der Waals surface area (Å²) >= 11 is 12.6. The van der Waals surface area contributed by atoms with Gasteiger partial charge in [-0.25, -0.2) is 0 Å². The van der Waals surface area contributed by atoms with Gasteiger partial charge in [0, 0.05) is 21.7 Å². The Bertz CT molecular complexity index is 723. The Balaban J connectivity index is 1.82. The first-order valence-electron chi connectivity index (χ1n) is 7.21. The van der Waals surface area contributed by atoms with Crippen LogP contribution < -0.4 is 5.32 Å². The number of benzene rings is 2. The van der Waals surface area contributed by atoms with E-state index in [0.29, 0.717) is 11.8 Å². The van der Waals surface area contributed by atoms with Crippen LogP contribution in [-0.2, 0) is 0 Å². The zero-order valence-electron chi connectivity index (χ0n) is 11.4. The minimum Gasteiger partial charge on any atom is -0.378 e. The van der Waals surface area contributed by atoms with Crippen LogP contribution in [0, 0.1) is 5.92 Å². The zero-order chi connectivity index (χ0) is 14.4. The lowest BCUT2D eigenvalue weighted by Gasteiger charge is -2.38. The van der Waals surface area contributed by atoms with Gasteiger partial charge >= 0.3 is 0 Å². The molecule has 0 amide bonds. The molecule has 0 aromatic heterocycles. The maximum Gasteiger partial charge on any atom is 0.0568 e. The van der Waals surface area contributed by atoms with Gasteiger partial charge in [0.1, 0.15) is 0 Å². The van der Waals surface area contributed by atoms with Gasteiger partial charge < -0.3 is 5.32 Å². The Labute approximate surface area is 134 Å². The van der Waals surface area contributed by atoms with Crippen LogP contribution in [-0.4, -0.2) is 0 Å². The summed E-state index contributed by atoms with van der Waals surface area (Å²) < 4.78 is 0. The van der Waals surface area contributed by atoms with Crippen LogP contribution in [0.25, 0.3) is 0 Å². The van der Waals surface area contributed by atoms with Gasteiger partial charge in [-0.3, -0.25) is 0 Å². The summed E-state index contributed by atoms with van der Waals surface area (Å²) in [6, 6.07) is 14.5. The molecule has 21 heavy (non-hydrogen) atoms. The highest BCUT2D eigenvalue weighted by Gasteiger charge is 2.38. The van der Waals surface area contributed by atoms with Crippen molar-refractivity contribution in [3.05, 3.63) is 75.8 Å². The second-order valence-corrected chi connectivity index (χ2v) is 6.57. The maximum absolute atomic E-state index is 6.42. The van der Waals surface area contributed by atoms with Crippen LogP contribution in [0.1, 0.15) is 29.5 Å². The molecule has 1 nitrogen and oxygen atoms in total. The van der Waals surface area contributed by atoms with E-state index >= 15 is 0 Å². The van der Waals surface area contributed by atoms with Crippen molar-refractivity contribution in [2.24, 2.45) is 5.92 Å². The first-order chi connectivity index (χ1) is 10.2. The maximum atomic E-state index is 6.42. The van der Waals surface area contributed by atoms with Crippen LogP contribution in [0.3, 0.4) is 0 Å². The average Bonchev–Trinajstić information content (AvgIpc) is 2.97. The van der Waals surface area contributed by atoms with Gasteiger partial charge in [-0.2, -0.15) is 0 Å². The number of nitrogens with one attached hydrogen (secondary N) is 1. The summed E-state index contributed by atoms with van der Waals surface area (Å²) in [6.07, 6.45) is 5.65. The molecule has 1 N–H and O–H groups in total. The van der Waals surface area contributed by atoms with E-state index in [-0.39, 0.29) is 6.04 Å². The number of rotatable bonds is 1. The van der Waals surface area contributed by atoms with Crippen molar-refractivity contribution >= 4 is 28.9 Å². The molecule has 0 radical (unpaired) electrons. The van der Waals surface area contributed by atoms with Crippen molar-refractivity contribution in [1.29, 1.82) is 0 Å². The summed E-state index contributed by atoms with van der Waals surface area (Å²) in [5.74, 6) is 0.914. The largest absolute Gasteiger partial charge is 0.378 e. The molecule has 1 aliphatic carbocycles. The predicted molar refractivity (Wildman–Crippen MR) is 89.3 cm³/mol. The van der Waals surface area contributed by atoms with E-state index in [2.05, 4.69) is 41.7 Å². The highest BCUT2D eigenvalue weighted by Crippen LogP contribution is 2.51. The average molecular weight is 316 g/mol. The molecule has 0 unspecified atom stereocenters. The van der Waals surface area contributed by atoms with Crippen LogP contribution in [0.15, 0.2) is 54.6 Å². The molecule has 1 aliphatic heterocycles. The quantitative estimate of drug-likeness (QED) is 0.654. The lowest BCUT2D eigenvalue weighted by molar-refractivity contribution is 0.426. The molecule has 0 bridgehead atoms. The molecule has 106 valence electrons. The number of fused-ring (bicyclic) bond motifs is 3. The Morgan fingerprint density at radius 3 is 2.71 bits per heavy atom. The third-order valence-corrected chi connectivity index (χ3v) is 5.14. The summed E-state index contributed by atoms with van der Waals surface area (Å²) in [4.78, 5) is 0. The molecular weight excluding hydrogens is 301 g/mol. The molecule has 3 heteroatoms. The number of hydrogen-bond acceptors (Lipinski definition) is 1. The monoisotopic (exact) mass is 315 g/mol. The van der Waals surface area contributed by atoms with Gasteiger partial charge in [-0.15, -0.1) is 0 Å². The molecule has 0 spiro atoms. The number of allylic oxidation sites excluding steroid dienone is 2. The first-order valence-corrected chi connectivity index (χ1v) is 7.97. The number of hydrogen-bond donors (Lipinski definition) is 1. The Morgan fingerprint density at radius 2 is 1.86 bits per heavy atom. The van der Waals surface area contributed by atoms with Crippen molar-refractivity contribution in [3.8, 4) is 0 Å². The Kier molecular flexibility index (Phi) is 3.20. The fourth-order valence-corrected chi connectivity index (χ4v) is 4.03. The number of anilines is 1. The lowest BCUT2D eigenvalue weighted by Crippen LogP contribution is -2.29. The SMILES string of the molecule is Clc1ccc2c(c1)[C@H]1C=CC[C@@H]1[C@@H](c1ccccc1Cl)N2. The molecule has 1 heterocycles. The topological polar surface area (TPSA) is 12.0 Å². The van der Waals surface area contributed by atoms with E-state index in [9.17, 15) is 0 Å². The fourth-order valence-electron chi connectivity index (χ4n) is 3.60. The standard InChI is InChI=1S/C18H15Cl2N/c19-11-8-9-17-15(10-11)12-5-3-6-13(12)18(21-17)14-4-1-2-7-16(14)20/h1-5,7-10,12-13,18,21H,6H2/t12-,13-,18-/m0/s1. The highest BCUT2D eigenvalue weighted by molar-refractivity contribution is 6.31. The van der Waals surface area contributed by atoms with Crippen molar-refractivity contribution in [1.82, 2.24) is 0 Å². The van der Waals surface area contributed by atoms with Crippen LogP contribution in [0.5, 0.6) is 0 Å². The first kappa shape index (κ1) is 13.2. The molecule has 4 rings (SSSR count). The molecule has 0 fully saturated rings. The van der Waals surface area contributed by atoms with Gasteiger partial charge in [-0.05, 0) is 47.7 Å². The number of halogens is 2. The van der Waals surface area contributed by atoms with E-state index in [4.69, 9.17) is 23.2 Å². The van der Waals surface area contributed by atoms with E-state index < -0.39 is 0 Å². The van der Waals surface area contributed by atoms with Gasteiger partial charge in [0.2, 0.25) is 0 Å². The molecule has 2 aromatic rings. The van der Waals surface area contributed by atoms with Crippen molar-refractivity contribution < 1.29 is 0 Å². The van der Waals surface area contributed by atoms with Crippen LogP contribution in [0.4, 0.5) is 5.69 Å². The normalized spacial score (nSPS) is 26.1. The van der Waals surface area contributed by atoms with Gasteiger partial charge in [0.25, 0.3) is 0 Å². The molecule has 0 saturated heterocycles. The summed E-state index contributed by atoms with van der Waals surface area (Å²) in [6.45, 7) is 0. The van der Waals surface area contributed by atoms with Crippen molar-refractivity contribution in [2.75, 3.05) is 5.32 Å². The van der Waals surface area contributed by atoms with E-state index in [1.54, 1.807) is 0 Å². The predicted octanol–water partition coefficient (Wildman–Crippen LogP) is 5.82. The van der Waals surface area contributed by atoms with Crippen LogP contribution >= 0.6 is 23.2 Å². The Hall–Kier alpha value is -1.44. The highest BCUT2D eigenvalue weighted by atomic mass is 35.5. The molecule has 2 aliphatic rings. The van der Waals surface area contributed by atoms with Gasteiger partial charge in [0.05, 0.1) is 6.04 Å². The molecule has 0 saturated carbocycles. The van der Waals surface area contributed by atoms with E-state index in [1.165, 1.54) is 11.1 Å². The van der Waals surface area contributed by atoms with Crippen molar-refractivity contribution in [3.63, 3.8) is 0 Å². The fraction of sp³-hybridized carbons (Fsp3) is 0.222. The summed E-state index contributed by atoms with van der Waals surface area (Å²) in [5.41, 5.74) is 3.64. The van der Waals surface area contributed by atoms with Gasteiger partial charge in [0.15, 0.2) is 0 Å². The smallest absolute Gasteiger partial charge is 0.0568 e. The van der Waals surface area contributed by atoms with Gasteiger partial charge in [-0.1, -0.05) is 53.6 Å². The second kappa shape index (κ2) is 5.08. The Morgan fingerprint density at radius 1 is 1.00 bits per heavy atom.